The molecule has 34 heavy (non-hydrogen) atoms. The Labute approximate surface area is 200 Å². The lowest BCUT2D eigenvalue weighted by molar-refractivity contribution is -0.140. The molecular formula is C26H29N3O4S. The summed E-state index contributed by atoms with van der Waals surface area (Å²) in [5.41, 5.74) is 2.66. The highest BCUT2D eigenvalue weighted by molar-refractivity contribution is 7.93. The Morgan fingerprint density at radius 1 is 1.06 bits per heavy atom. The minimum Gasteiger partial charge on any atom is -0.357 e. The number of benzene rings is 3. The van der Waals surface area contributed by atoms with E-state index in [2.05, 4.69) is 5.32 Å². The van der Waals surface area contributed by atoms with Crippen molar-refractivity contribution in [1.29, 1.82) is 0 Å². The van der Waals surface area contributed by atoms with Crippen molar-refractivity contribution in [3.8, 4) is 0 Å². The fourth-order valence-electron chi connectivity index (χ4n) is 4.52. The molecule has 0 radical (unpaired) electrons. The van der Waals surface area contributed by atoms with Crippen LogP contribution in [0.25, 0.3) is 10.8 Å². The van der Waals surface area contributed by atoms with Gasteiger partial charge in [-0.25, -0.2) is 8.42 Å². The molecule has 1 heterocycles. The highest BCUT2D eigenvalue weighted by Crippen LogP contribution is 2.42. The highest BCUT2D eigenvalue weighted by atomic mass is 32.2. The molecule has 1 atom stereocenters. The van der Waals surface area contributed by atoms with Crippen molar-refractivity contribution >= 4 is 38.3 Å². The Morgan fingerprint density at radius 2 is 1.76 bits per heavy atom. The molecule has 7 nitrogen and oxygen atoms in total. The molecule has 178 valence electrons. The molecule has 3 aromatic carbocycles. The minimum atomic E-state index is -3.66. The van der Waals surface area contributed by atoms with Crippen LogP contribution >= 0.6 is 0 Å². The van der Waals surface area contributed by atoms with Gasteiger partial charge in [0.25, 0.3) is 10.0 Å². The van der Waals surface area contributed by atoms with Crippen molar-refractivity contribution in [3.05, 3.63) is 71.8 Å². The fraction of sp³-hybridized carbons (Fsp3) is 0.308. The first-order valence-corrected chi connectivity index (χ1v) is 12.8. The minimum absolute atomic E-state index is 0.130. The average Bonchev–Trinajstić information content (AvgIpc) is 3.04. The first-order valence-electron chi connectivity index (χ1n) is 11.3. The quantitative estimate of drug-likeness (QED) is 0.535. The van der Waals surface area contributed by atoms with Crippen molar-refractivity contribution in [2.75, 3.05) is 17.9 Å². The smallest absolute Gasteiger partial charge is 0.265 e. The summed E-state index contributed by atoms with van der Waals surface area (Å²) in [6.45, 7) is 4.18. The van der Waals surface area contributed by atoms with Crippen molar-refractivity contribution in [2.24, 2.45) is 0 Å². The molecule has 1 N–H and O–H groups in total. The van der Waals surface area contributed by atoms with E-state index < -0.39 is 16.1 Å². The summed E-state index contributed by atoms with van der Waals surface area (Å²) in [5.74, 6) is -0.435. The van der Waals surface area contributed by atoms with E-state index in [1.807, 2.05) is 49.4 Å². The van der Waals surface area contributed by atoms with Gasteiger partial charge in [-0.15, -0.1) is 0 Å². The number of sulfonamides is 1. The number of nitrogens with zero attached hydrogens (tertiary/aromatic N) is 2. The number of rotatable bonds is 8. The highest BCUT2D eigenvalue weighted by Gasteiger charge is 2.35. The normalized spacial score (nSPS) is 14.7. The maximum atomic E-state index is 13.2. The molecule has 0 aromatic heterocycles. The number of amides is 2. The van der Waals surface area contributed by atoms with Gasteiger partial charge in [0.05, 0.1) is 10.6 Å². The second-order valence-electron chi connectivity index (χ2n) is 8.61. The van der Waals surface area contributed by atoms with E-state index in [0.29, 0.717) is 23.5 Å². The third-order valence-corrected chi connectivity index (χ3v) is 8.14. The van der Waals surface area contributed by atoms with Crippen LogP contribution in [0.1, 0.15) is 30.9 Å². The molecule has 1 aliphatic heterocycles. The summed E-state index contributed by atoms with van der Waals surface area (Å²) in [5, 5.41) is 4.21. The van der Waals surface area contributed by atoms with Gasteiger partial charge in [-0.3, -0.25) is 13.9 Å². The number of carbonyl (C=O) groups excluding carboxylic acids is 2. The first kappa shape index (κ1) is 23.8. The van der Waals surface area contributed by atoms with E-state index >= 15 is 0 Å². The van der Waals surface area contributed by atoms with Gasteiger partial charge in [0.1, 0.15) is 6.04 Å². The molecule has 0 bridgehead atoms. The van der Waals surface area contributed by atoms with Crippen molar-refractivity contribution in [3.63, 3.8) is 0 Å². The number of hydrogen-bond donors (Lipinski definition) is 1. The van der Waals surface area contributed by atoms with Crippen molar-refractivity contribution in [2.45, 2.75) is 44.2 Å². The van der Waals surface area contributed by atoms with Crippen LogP contribution in [-0.2, 0) is 26.2 Å². The maximum Gasteiger partial charge on any atom is 0.265 e. The zero-order valence-corrected chi connectivity index (χ0v) is 20.4. The Morgan fingerprint density at radius 3 is 2.47 bits per heavy atom. The standard InChI is InChI=1S/C26H29N3O4S/c1-18-8-4-9-20(16-18)17-28(19(2)26(31)27-3)24(30)14-7-15-29-22-12-5-10-21-11-6-13-23(25(21)22)34(29,32)33/h4-6,8-13,16,19H,7,14-15,17H2,1-3H3,(H,27,31). The second-order valence-corrected chi connectivity index (χ2v) is 10.4. The molecule has 1 unspecified atom stereocenters. The Kier molecular flexibility index (Phi) is 6.61. The molecule has 3 aromatic rings. The largest absolute Gasteiger partial charge is 0.357 e. The lowest BCUT2D eigenvalue weighted by atomic mass is 10.1. The van der Waals surface area contributed by atoms with Gasteiger partial charge in [-0.1, -0.05) is 54.1 Å². The maximum absolute atomic E-state index is 13.2. The summed E-state index contributed by atoms with van der Waals surface area (Å²) in [7, 11) is -2.11. The zero-order valence-electron chi connectivity index (χ0n) is 19.6. The predicted molar refractivity (Wildman–Crippen MR) is 133 cm³/mol. The Hall–Kier alpha value is -3.39. The number of nitrogens with one attached hydrogen (secondary N) is 1. The van der Waals surface area contributed by atoms with E-state index in [4.69, 9.17) is 0 Å². The molecule has 0 fully saturated rings. The third kappa shape index (κ3) is 4.37. The number of carbonyl (C=O) groups is 2. The van der Waals surface area contributed by atoms with Crippen LogP contribution in [0.3, 0.4) is 0 Å². The van der Waals surface area contributed by atoms with Crippen LogP contribution in [0.4, 0.5) is 5.69 Å². The van der Waals surface area contributed by atoms with Gasteiger partial charge < -0.3 is 10.2 Å². The summed E-state index contributed by atoms with van der Waals surface area (Å²) in [6.07, 6.45) is 0.471. The molecule has 2 amide bonds. The van der Waals surface area contributed by atoms with Gasteiger partial charge in [0.2, 0.25) is 11.8 Å². The average molecular weight is 480 g/mol. The van der Waals surface area contributed by atoms with Crippen LogP contribution in [0.2, 0.25) is 0 Å². The van der Waals surface area contributed by atoms with Crippen LogP contribution < -0.4 is 9.62 Å². The van der Waals surface area contributed by atoms with E-state index in [1.165, 1.54) is 4.31 Å². The summed E-state index contributed by atoms with van der Waals surface area (Å²) < 4.78 is 27.7. The first-order chi connectivity index (χ1) is 16.2. The van der Waals surface area contributed by atoms with E-state index in [1.54, 1.807) is 37.1 Å². The molecule has 0 spiro atoms. The van der Waals surface area contributed by atoms with E-state index in [9.17, 15) is 18.0 Å². The molecular weight excluding hydrogens is 450 g/mol. The Bertz CT molecular complexity index is 1350. The van der Waals surface area contributed by atoms with Crippen LogP contribution in [0, 0.1) is 6.92 Å². The van der Waals surface area contributed by atoms with Gasteiger partial charge in [-0.05, 0) is 43.4 Å². The number of aryl methyl sites for hydroxylation is 1. The van der Waals surface area contributed by atoms with Crippen molar-refractivity contribution < 1.29 is 18.0 Å². The summed E-state index contributed by atoms with van der Waals surface area (Å²) in [4.78, 5) is 27.4. The predicted octanol–water partition coefficient (Wildman–Crippen LogP) is 3.60. The summed E-state index contributed by atoms with van der Waals surface area (Å²) >= 11 is 0. The number of likely N-dealkylation sites (N-methyl/N-ethyl adjacent to an activating group) is 1. The molecule has 8 heteroatoms. The molecule has 0 saturated carbocycles. The zero-order chi connectivity index (χ0) is 24.5. The lowest BCUT2D eigenvalue weighted by Gasteiger charge is -2.29. The molecule has 1 aliphatic rings. The van der Waals surface area contributed by atoms with Gasteiger partial charge in [0.15, 0.2) is 0 Å². The monoisotopic (exact) mass is 479 g/mol. The van der Waals surface area contributed by atoms with Crippen LogP contribution in [0.15, 0.2) is 65.6 Å². The number of anilines is 1. The summed E-state index contributed by atoms with van der Waals surface area (Å²) in [6, 6.07) is 18.0. The second kappa shape index (κ2) is 9.46. The SMILES string of the molecule is CNC(=O)C(C)N(Cc1cccc(C)c1)C(=O)CCCN1c2cccc3cccc(c23)S1(=O)=O. The molecule has 0 saturated heterocycles. The van der Waals surface area contributed by atoms with Gasteiger partial charge in [-0.2, -0.15) is 0 Å². The molecule has 4 rings (SSSR count). The lowest BCUT2D eigenvalue weighted by Crippen LogP contribution is -2.46. The van der Waals surface area contributed by atoms with Gasteiger partial charge >= 0.3 is 0 Å². The van der Waals surface area contributed by atoms with Gasteiger partial charge in [0, 0.05) is 31.9 Å². The molecule has 0 aliphatic carbocycles. The van der Waals surface area contributed by atoms with Crippen LogP contribution in [0.5, 0.6) is 0 Å². The number of hydrogen-bond acceptors (Lipinski definition) is 4. The van der Waals surface area contributed by atoms with Crippen molar-refractivity contribution in [1.82, 2.24) is 10.2 Å². The van der Waals surface area contributed by atoms with Crippen LogP contribution in [-0.4, -0.2) is 44.8 Å². The van der Waals surface area contributed by atoms with E-state index in [-0.39, 0.29) is 24.8 Å². The fourth-order valence-corrected chi connectivity index (χ4v) is 6.26. The van der Waals surface area contributed by atoms with E-state index in [0.717, 1.165) is 21.9 Å². The topological polar surface area (TPSA) is 86.8 Å². The third-order valence-electron chi connectivity index (χ3n) is 6.28. The Balaban J connectivity index is 1.50.